The second-order valence-corrected chi connectivity index (χ2v) is 7.22. The van der Waals surface area contributed by atoms with Crippen LogP contribution in [0.4, 0.5) is 4.79 Å². The molecule has 7 nitrogen and oxygen atoms in total. The zero-order valence-electron chi connectivity index (χ0n) is 15.6. The van der Waals surface area contributed by atoms with E-state index in [1.54, 1.807) is 17.0 Å². The number of aromatic amines is 1. The molecular formula is C21H22N4O3. The first-order valence-electron chi connectivity index (χ1n) is 9.26. The number of nitrogens with two attached hydrogens (primary N) is 1. The van der Waals surface area contributed by atoms with Gasteiger partial charge in [-0.15, -0.1) is 0 Å². The molecule has 0 bridgehead atoms. The van der Waals surface area contributed by atoms with Crippen LogP contribution in [-0.2, 0) is 16.9 Å². The number of H-pyrrole nitrogens is 1. The van der Waals surface area contributed by atoms with Gasteiger partial charge in [0.1, 0.15) is 23.5 Å². The molecule has 28 heavy (non-hydrogen) atoms. The van der Waals surface area contributed by atoms with Crippen molar-refractivity contribution in [2.45, 2.75) is 31.9 Å². The van der Waals surface area contributed by atoms with Crippen LogP contribution in [0.25, 0.3) is 11.0 Å². The van der Waals surface area contributed by atoms with Crippen LogP contribution in [0.15, 0.2) is 48.5 Å². The number of nitrogens with zero attached hydrogens (tertiary/aromatic N) is 2. The Morgan fingerprint density at radius 3 is 2.75 bits per heavy atom. The molecule has 0 aliphatic carbocycles. The summed E-state index contributed by atoms with van der Waals surface area (Å²) in [7, 11) is 0. The highest BCUT2D eigenvalue weighted by atomic mass is 16.6. The number of benzene rings is 2. The molecule has 2 amide bonds. The number of likely N-dealkylation sites (tertiary alicyclic amines) is 1. The van der Waals surface area contributed by atoms with Gasteiger partial charge in [-0.25, -0.2) is 9.78 Å². The van der Waals surface area contributed by atoms with E-state index < -0.39 is 11.4 Å². The summed E-state index contributed by atoms with van der Waals surface area (Å²) in [6.07, 6.45) is 1.22. The summed E-state index contributed by atoms with van der Waals surface area (Å²) in [6, 6.07) is 14.8. The lowest BCUT2D eigenvalue weighted by Crippen LogP contribution is -2.43. The summed E-state index contributed by atoms with van der Waals surface area (Å²) in [5.74, 6) is 0.102. The standard InChI is InChI=1S/C21H22N4O3/c1-21(19-23-16-10-5-9-15(18(22)26)17(16)24-19)11-6-12-25(21)20(27)28-13-14-7-3-2-4-8-14/h2-5,7-10H,6,11-13H2,1H3,(H2,22,26)(H,23,24)/t21-/m1/s1. The third-order valence-electron chi connectivity index (χ3n) is 5.35. The normalized spacial score (nSPS) is 19.1. The number of ether oxygens (including phenoxy) is 1. The summed E-state index contributed by atoms with van der Waals surface area (Å²) >= 11 is 0. The molecule has 1 aromatic heterocycles. The summed E-state index contributed by atoms with van der Waals surface area (Å²) in [5, 5.41) is 0. The molecule has 4 rings (SSSR count). The van der Waals surface area contributed by atoms with Crippen LogP contribution in [-0.4, -0.2) is 33.4 Å². The Kier molecular flexibility index (Phi) is 4.50. The molecule has 3 aromatic rings. The Bertz CT molecular complexity index is 1030. The number of hydrogen-bond acceptors (Lipinski definition) is 4. The number of aromatic nitrogens is 2. The van der Waals surface area contributed by atoms with Gasteiger partial charge in [-0.05, 0) is 37.5 Å². The average molecular weight is 378 g/mol. The van der Waals surface area contributed by atoms with E-state index in [1.165, 1.54) is 0 Å². The number of hydrogen-bond donors (Lipinski definition) is 2. The zero-order chi connectivity index (χ0) is 19.7. The second kappa shape index (κ2) is 6.99. The maximum Gasteiger partial charge on any atom is 0.410 e. The third-order valence-corrected chi connectivity index (χ3v) is 5.35. The van der Waals surface area contributed by atoms with E-state index in [0.29, 0.717) is 23.4 Å². The number of para-hydroxylation sites is 1. The van der Waals surface area contributed by atoms with Gasteiger partial charge in [0.05, 0.1) is 11.1 Å². The van der Waals surface area contributed by atoms with Crippen molar-refractivity contribution >= 4 is 23.0 Å². The summed E-state index contributed by atoms with van der Waals surface area (Å²) in [6.45, 7) is 2.77. The summed E-state index contributed by atoms with van der Waals surface area (Å²) < 4.78 is 5.54. The van der Waals surface area contributed by atoms with E-state index in [0.717, 1.165) is 23.9 Å². The van der Waals surface area contributed by atoms with Crippen molar-refractivity contribution in [2.75, 3.05) is 6.54 Å². The fourth-order valence-corrected chi connectivity index (χ4v) is 3.79. The Labute approximate surface area is 162 Å². The number of amides is 2. The predicted octanol–water partition coefficient (Wildman–Crippen LogP) is 3.31. The SMILES string of the molecule is C[C@]1(c2nc3c(C(N)=O)cccc3[nH]2)CCCN1C(=O)OCc1ccccc1. The molecule has 2 heterocycles. The van der Waals surface area contributed by atoms with E-state index >= 15 is 0 Å². The number of imidazole rings is 1. The molecule has 1 aliphatic rings. The van der Waals surface area contributed by atoms with Crippen LogP contribution in [0.1, 0.15) is 41.5 Å². The largest absolute Gasteiger partial charge is 0.445 e. The van der Waals surface area contributed by atoms with Crippen molar-refractivity contribution in [1.29, 1.82) is 0 Å². The van der Waals surface area contributed by atoms with Crippen molar-refractivity contribution in [2.24, 2.45) is 5.73 Å². The number of primary amides is 1. The van der Waals surface area contributed by atoms with E-state index in [1.807, 2.05) is 43.3 Å². The smallest absolute Gasteiger partial charge is 0.410 e. The Morgan fingerprint density at radius 1 is 1.21 bits per heavy atom. The second-order valence-electron chi connectivity index (χ2n) is 7.22. The average Bonchev–Trinajstić information content (AvgIpc) is 3.31. The number of carbonyl (C=O) groups excluding carboxylic acids is 2. The maximum atomic E-state index is 12.8. The van der Waals surface area contributed by atoms with E-state index in [-0.39, 0.29) is 12.7 Å². The highest BCUT2D eigenvalue weighted by Gasteiger charge is 2.44. The van der Waals surface area contributed by atoms with Crippen molar-refractivity contribution in [1.82, 2.24) is 14.9 Å². The van der Waals surface area contributed by atoms with Gasteiger partial charge >= 0.3 is 6.09 Å². The van der Waals surface area contributed by atoms with Gasteiger partial charge in [-0.1, -0.05) is 36.4 Å². The van der Waals surface area contributed by atoms with Gasteiger partial charge in [0.2, 0.25) is 0 Å². The summed E-state index contributed by atoms with van der Waals surface area (Å²) in [5.41, 5.74) is 7.37. The van der Waals surface area contributed by atoms with Crippen LogP contribution >= 0.6 is 0 Å². The number of rotatable bonds is 4. The lowest BCUT2D eigenvalue weighted by Gasteiger charge is -2.32. The van der Waals surface area contributed by atoms with E-state index in [4.69, 9.17) is 10.5 Å². The Balaban J connectivity index is 1.61. The van der Waals surface area contributed by atoms with Gasteiger partial charge in [-0.3, -0.25) is 9.69 Å². The molecule has 1 fully saturated rings. The highest BCUT2D eigenvalue weighted by molar-refractivity contribution is 6.04. The summed E-state index contributed by atoms with van der Waals surface area (Å²) in [4.78, 5) is 34.1. The van der Waals surface area contributed by atoms with Crippen LogP contribution in [0.2, 0.25) is 0 Å². The van der Waals surface area contributed by atoms with Gasteiger partial charge in [-0.2, -0.15) is 0 Å². The van der Waals surface area contributed by atoms with Gasteiger partial charge in [0.15, 0.2) is 0 Å². The number of fused-ring (bicyclic) bond motifs is 1. The van der Waals surface area contributed by atoms with Gasteiger partial charge in [0.25, 0.3) is 5.91 Å². The maximum absolute atomic E-state index is 12.8. The molecule has 0 saturated carbocycles. The number of nitrogens with one attached hydrogen (secondary N) is 1. The lowest BCUT2D eigenvalue weighted by atomic mass is 9.98. The topological polar surface area (TPSA) is 101 Å². The fraction of sp³-hybridized carbons (Fsp3) is 0.286. The minimum atomic E-state index is -0.637. The molecule has 1 atom stereocenters. The molecule has 0 radical (unpaired) electrons. The first kappa shape index (κ1) is 18.0. The minimum absolute atomic E-state index is 0.220. The highest BCUT2D eigenvalue weighted by Crippen LogP contribution is 2.38. The third kappa shape index (κ3) is 3.09. The molecule has 144 valence electrons. The number of carbonyl (C=O) groups is 2. The first-order chi connectivity index (χ1) is 13.5. The van der Waals surface area contributed by atoms with Crippen molar-refractivity contribution in [3.8, 4) is 0 Å². The van der Waals surface area contributed by atoms with Gasteiger partial charge in [0, 0.05) is 6.54 Å². The van der Waals surface area contributed by atoms with Crippen molar-refractivity contribution < 1.29 is 14.3 Å². The van der Waals surface area contributed by atoms with E-state index in [9.17, 15) is 9.59 Å². The molecule has 2 aromatic carbocycles. The molecule has 1 aliphatic heterocycles. The monoisotopic (exact) mass is 378 g/mol. The molecule has 0 unspecified atom stereocenters. The van der Waals surface area contributed by atoms with Crippen LogP contribution in [0.5, 0.6) is 0 Å². The molecular weight excluding hydrogens is 356 g/mol. The predicted molar refractivity (Wildman–Crippen MR) is 105 cm³/mol. The first-order valence-corrected chi connectivity index (χ1v) is 9.26. The molecule has 3 N–H and O–H groups in total. The van der Waals surface area contributed by atoms with Crippen LogP contribution in [0, 0.1) is 0 Å². The van der Waals surface area contributed by atoms with Crippen molar-refractivity contribution in [3.05, 3.63) is 65.5 Å². The van der Waals surface area contributed by atoms with Crippen LogP contribution < -0.4 is 5.73 Å². The van der Waals surface area contributed by atoms with E-state index in [2.05, 4.69) is 9.97 Å². The lowest BCUT2D eigenvalue weighted by molar-refractivity contribution is 0.0669. The fourth-order valence-electron chi connectivity index (χ4n) is 3.79. The molecule has 0 spiro atoms. The Morgan fingerprint density at radius 2 is 2.00 bits per heavy atom. The Hall–Kier alpha value is -3.35. The molecule has 1 saturated heterocycles. The quantitative estimate of drug-likeness (QED) is 0.727. The van der Waals surface area contributed by atoms with Gasteiger partial charge < -0.3 is 15.5 Å². The van der Waals surface area contributed by atoms with Crippen LogP contribution in [0.3, 0.4) is 0 Å². The molecule has 7 heteroatoms. The minimum Gasteiger partial charge on any atom is -0.445 e. The zero-order valence-corrected chi connectivity index (χ0v) is 15.6. The van der Waals surface area contributed by atoms with Crippen molar-refractivity contribution in [3.63, 3.8) is 0 Å².